The Bertz CT molecular complexity index is 121. The van der Waals surface area contributed by atoms with Crippen LogP contribution in [0.5, 0.6) is 0 Å². The number of esters is 1. The van der Waals surface area contributed by atoms with Gasteiger partial charge in [0.05, 0.1) is 5.88 Å². The van der Waals surface area contributed by atoms with E-state index in [1.54, 1.807) is 20.8 Å². The number of hydrogen-bond acceptors (Lipinski definition) is 2. The number of alkyl halides is 1. The van der Waals surface area contributed by atoms with Crippen molar-refractivity contribution in [1.82, 2.24) is 0 Å². The summed E-state index contributed by atoms with van der Waals surface area (Å²) in [5.41, 5.74) is -0.519. The third-order valence-corrected chi connectivity index (χ3v) is 1.64. The molecule has 0 aromatic carbocycles. The summed E-state index contributed by atoms with van der Waals surface area (Å²) in [6.07, 6.45) is 0.403. The van der Waals surface area contributed by atoms with Crippen LogP contribution in [-0.4, -0.2) is 17.5 Å². The molecule has 0 aliphatic rings. The highest BCUT2D eigenvalue weighted by molar-refractivity contribution is 6.18. The van der Waals surface area contributed by atoms with E-state index in [0.717, 1.165) is 0 Å². The molecule has 0 spiro atoms. The van der Waals surface area contributed by atoms with Crippen LogP contribution in [0.3, 0.4) is 0 Å². The lowest BCUT2D eigenvalue weighted by Crippen LogP contribution is -2.29. The number of ether oxygens (including phenoxy) is 1. The van der Waals surface area contributed by atoms with Crippen molar-refractivity contribution in [3.63, 3.8) is 0 Å². The van der Waals surface area contributed by atoms with Crippen LogP contribution in [-0.2, 0) is 9.53 Å². The number of halogens is 1. The predicted octanol–water partition coefficient (Wildman–Crippen LogP) is 1.96. The third-order valence-electron chi connectivity index (χ3n) is 1.00. The molecule has 0 atom stereocenters. The topological polar surface area (TPSA) is 26.3 Å². The van der Waals surface area contributed by atoms with Gasteiger partial charge in [0, 0.05) is 6.42 Å². The van der Waals surface area contributed by atoms with Gasteiger partial charge < -0.3 is 4.74 Å². The second kappa shape index (κ2) is 3.81. The smallest absolute Gasteiger partial charge is 0.306 e. The average Bonchev–Trinajstić information content (AvgIpc) is 1.87. The minimum Gasteiger partial charge on any atom is -0.458 e. The van der Waals surface area contributed by atoms with E-state index in [-0.39, 0.29) is 5.97 Å². The van der Waals surface area contributed by atoms with Gasteiger partial charge in [0.15, 0.2) is 0 Å². The molecule has 0 bridgehead atoms. The molecule has 0 aliphatic carbocycles. The van der Waals surface area contributed by atoms with Gasteiger partial charge in [0.2, 0.25) is 0 Å². The molecule has 0 fully saturated rings. The van der Waals surface area contributed by atoms with Crippen LogP contribution in [0.1, 0.15) is 27.2 Å². The van der Waals surface area contributed by atoms with Gasteiger partial charge in [-0.05, 0) is 13.8 Å². The fourth-order valence-electron chi connectivity index (χ4n) is 0.408. The van der Waals surface area contributed by atoms with Gasteiger partial charge in [0.1, 0.15) is 5.60 Å². The van der Waals surface area contributed by atoms with E-state index < -0.39 is 5.60 Å². The second-order valence-electron chi connectivity index (χ2n) is 2.72. The summed E-state index contributed by atoms with van der Waals surface area (Å²) >= 11 is 5.52. The minimum absolute atomic E-state index is 0.203. The molecule has 0 unspecified atom stereocenters. The fourth-order valence-corrected chi connectivity index (χ4v) is 0.462. The molecule has 0 heterocycles. The van der Waals surface area contributed by atoms with Crippen molar-refractivity contribution in [2.24, 2.45) is 0 Å². The third kappa shape index (κ3) is 3.72. The highest BCUT2D eigenvalue weighted by atomic mass is 35.5. The molecular formula is C7H13ClO2. The van der Waals surface area contributed by atoms with Crippen molar-refractivity contribution in [2.75, 3.05) is 5.88 Å². The lowest BCUT2D eigenvalue weighted by molar-refractivity contribution is -0.154. The highest BCUT2D eigenvalue weighted by Crippen LogP contribution is 2.11. The Hall–Kier alpha value is -0.240. The zero-order valence-electron chi connectivity index (χ0n) is 6.61. The molecular weight excluding hydrogens is 152 g/mol. The lowest BCUT2D eigenvalue weighted by atomic mass is 10.2. The zero-order valence-corrected chi connectivity index (χ0v) is 7.36. The van der Waals surface area contributed by atoms with E-state index in [4.69, 9.17) is 16.3 Å². The summed E-state index contributed by atoms with van der Waals surface area (Å²) in [6, 6.07) is 0. The van der Waals surface area contributed by atoms with Gasteiger partial charge >= 0.3 is 5.97 Å². The molecule has 3 heteroatoms. The lowest BCUT2D eigenvalue weighted by Gasteiger charge is -2.21. The van der Waals surface area contributed by atoms with Crippen LogP contribution in [0.2, 0.25) is 0 Å². The van der Waals surface area contributed by atoms with Crippen LogP contribution in [0.4, 0.5) is 0 Å². The van der Waals surface area contributed by atoms with Crippen molar-refractivity contribution in [2.45, 2.75) is 32.8 Å². The summed E-state index contributed by atoms with van der Waals surface area (Å²) in [6.45, 7) is 5.33. The van der Waals surface area contributed by atoms with Gasteiger partial charge in [-0.2, -0.15) is 0 Å². The Morgan fingerprint density at radius 3 is 2.40 bits per heavy atom. The van der Waals surface area contributed by atoms with Crippen LogP contribution in [0.25, 0.3) is 0 Å². The Labute approximate surface area is 66.5 Å². The largest absolute Gasteiger partial charge is 0.458 e. The molecule has 0 saturated carbocycles. The molecule has 0 aliphatic heterocycles. The van der Waals surface area contributed by atoms with Gasteiger partial charge in [-0.3, -0.25) is 4.79 Å². The molecule has 2 nitrogen and oxygen atoms in total. The van der Waals surface area contributed by atoms with Crippen LogP contribution in [0, 0.1) is 0 Å². The Morgan fingerprint density at radius 1 is 1.60 bits per heavy atom. The quantitative estimate of drug-likeness (QED) is 0.471. The summed E-state index contributed by atoms with van der Waals surface area (Å²) in [7, 11) is 0. The second-order valence-corrected chi connectivity index (χ2v) is 2.99. The molecule has 0 saturated heterocycles. The monoisotopic (exact) mass is 164 g/mol. The SMILES string of the molecule is CCC(=O)OC(C)(C)CCl. The number of carbonyl (C=O) groups is 1. The summed E-state index contributed by atoms with van der Waals surface area (Å²) in [4.78, 5) is 10.7. The molecule has 0 aromatic rings. The van der Waals surface area contributed by atoms with Gasteiger partial charge in [-0.15, -0.1) is 11.6 Å². The molecule has 0 amide bonds. The highest BCUT2D eigenvalue weighted by Gasteiger charge is 2.19. The van der Waals surface area contributed by atoms with E-state index in [1.165, 1.54) is 0 Å². The molecule has 0 aromatic heterocycles. The standard InChI is InChI=1S/C7H13ClO2/c1-4-6(9)10-7(2,3)5-8/h4-5H2,1-3H3. The van der Waals surface area contributed by atoms with Crippen LogP contribution < -0.4 is 0 Å². The molecule has 0 rings (SSSR count). The van der Waals surface area contributed by atoms with Gasteiger partial charge in [0.25, 0.3) is 0 Å². The summed E-state index contributed by atoms with van der Waals surface area (Å²) in [5, 5.41) is 0. The Morgan fingerprint density at radius 2 is 2.10 bits per heavy atom. The Kier molecular flexibility index (Phi) is 3.72. The minimum atomic E-state index is -0.519. The maximum atomic E-state index is 10.7. The van der Waals surface area contributed by atoms with E-state index in [0.29, 0.717) is 12.3 Å². The molecule has 0 radical (unpaired) electrons. The van der Waals surface area contributed by atoms with Crippen molar-refractivity contribution < 1.29 is 9.53 Å². The number of carbonyl (C=O) groups excluding carboxylic acids is 1. The Balaban J connectivity index is 3.76. The van der Waals surface area contributed by atoms with Crippen molar-refractivity contribution >= 4 is 17.6 Å². The van der Waals surface area contributed by atoms with E-state index in [2.05, 4.69) is 0 Å². The molecule has 10 heavy (non-hydrogen) atoms. The van der Waals surface area contributed by atoms with Crippen LogP contribution in [0.15, 0.2) is 0 Å². The fraction of sp³-hybridized carbons (Fsp3) is 0.857. The molecule has 60 valence electrons. The predicted molar refractivity (Wildman–Crippen MR) is 41.2 cm³/mol. The van der Waals surface area contributed by atoms with Gasteiger partial charge in [-0.25, -0.2) is 0 Å². The number of rotatable bonds is 3. The van der Waals surface area contributed by atoms with E-state index in [9.17, 15) is 4.79 Å². The summed E-state index contributed by atoms with van der Waals surface area (Å²) < 4.78 is 4.97. The van der Waals surface area contributed by atoms with Gasteiger partial charge in [-0.1, -0.05) is 6.92 Å². The van der Waals surface area contributed by atoms with Crippen molar-refractivity contribution in [3.05, 3.63) is 0 Å². The summed E-state index contributed by atoms with van der Waals surface area (Å²) in [5.74, 6) is 0.129. The van der Waals surface area contributed by atoms with Crippen molar-refractivity contribution in [1.29, 1.82) is 0 Å². The molecule has 0 N–H and O–H groups in total. The maximum absolute atomic E-state index is 10.7. The maximum Gasteiger partial charge on any atom is 0.306 e. The number of hydrogen-bond donors (Lipinski definition) is 0. The van der Waals surface area contributed by atoms with Crippen LogP contribution >= 0.6 is 11.6 Å². The first-order valence-corrected chi connectivity index (χ1v) is 3.83. The normalized spacial score (nSPS) is 11.2. The first-order chi connectivity index (χ1) is 4.52. The van der Waals surface area contributed by atoms with E-state index in [1.807, 2.05) is 0 Å². The average molecular weight is 165 g/mol. The first kappa shape index (κ1) is 9.76. The van der Waals surface area contributed by atoms with E-state index >= 15 is 0 Å². The first-order valence-electron chi connectivity index (χ1n) is 3.29. The zero-order chi connectivity index (χ0) is 8.20. The van der Waals surface area contributed by atoms with Crippen molar-refractivity contribution in [3.8, 4) is 0 Å².